The largest absolute Gasteiger partial charge is 0.481 e. The molecule has 17 heavy (non-hydrogen) atoms. The second kappa shape index (κ2) is 5.46. The number of amides is 1. The number of nitrogens with zero attached hydrogens (tertiary/aromatic N) is 1. The van der Waals surface area contributed by atoms with Gasteiger partial charge in [-0.15, -0.1) is 0 Å². The lowest BCUT2D eigenvalue weighted by Gasteiger charge is -2.35. The van der Waals surface area contributed by atoms with Crippen molar-refractivity contribution in [3.8, 4) is 0 Å². The fraction of sp³-hybridized carbons (Fsp3) is 0.818. The van der Waals surface area contributed by atoms with E-state index < -0.39 is 23.4 Å². The van der Waals surface area contributed by atoms with Gasteiger partial charge in [0.2, 0.25) is 5.91 Å². The van der Waals surface area contributed by atoms with Gasteiger partial charge in [0.15, 0.2) is 0 Å². The SMILES string of the molecule is CC(C(=O)O)C(=O)N(C)CC1(O)CCOCC1. The summed E-state index contributed by atoms with van der Waals surface area (Å²) in [4.78, 5) is 23.7. The van der Waals surface area contributed by atoms with Crippen LogP contribution in [0.4, 0.5) is 0 Å². The molecule has 1 heterocycles. The number of aliphatic carboxylic acids is 1. The van der Waals surface area contributed by atoms with Gasteiger partial charge in [-0.25, -0.2) is 0 Å². The molecule has 98 valence electrons. The second-order valence-corrected chi connectivity index (χ2v) is 4.59. The van der Waals surface area contributed by atoms with Crippen molar-refractivity contribution in [2.45, 2.75) is 25.4 Å². The number of ether oxygens (including phenoxy) is 1. The lowest BCUT2D eigenvalue weighted by molar-refractivity contribution is -0.152. The summed E-state index contributed by atoms with van der Waals surface area (Å²) in [5, 5.41) is 18.9. The highest BCUT2D eigenvalue weighted by atomic mass is 16.5. The average Bonchev–Trinajstić information content (AvgIpc) is 2.27. The summed E-state index contributed by atoms with van der Waals surface area (Å²) in [6.07, 6.45) is 0.929. The highest BCUT2D eigenvalue weighted by Crippen LogP contribution is 2.21. The number of carbonyl (C=O) groups is 2. The van der Waals surface area contributed by atoms with Crippen molar-refractivity contribution in [2.24, 2.45) is 5.92 Å². The molecule has 1 aliphatic heterocycles. The van der Waals surface area contributed by atoms with Crippen molar-refractivity contribution in [3.63, 3.8) is 0 Å². The molecule has 2 N–H and O–H groups in total. The van der Waals surface area contributed by atoms with E-state index in [2.05, 4.69) is 0 Å². The minimum Gasteiger partial charge on any atom is -0.481 e. The number of carbonyl (C=O) groups excluding carboxylic acids is 1. The van der Waals surface area contributed by atoms with E-state index in [1.807, 2.05) is 0 Å². The lowest BCUT2D eigenvalue weighted by Crippen LogP contribution is -2.49. The van der Waals surface area contributed by atoms with E-state index in [1.165, 1.54) is 18.9 Å². The molecule has 6 heteroatoms. The maximum atomic E-state index is 11.7. The van der Waals surface area contributed by atoms with Crippen LogP contribution in [0.1, 0.15) is 19.8 Å². The Bertz CT molecular complexity index is 298. The fourth-order valence-electron chi connectivity index (χ4n) is 1.87. The van der Waals surface area contributed by atoms with Crippen LogP contribution in [0.25, 0.3) is 0 Å². The van der Waals surface area contributed by atoms with Crippen LogP contribution in [-0.2, 0) is 14.3 Å². The molecule has 0 spiro atoms. The first-order chi connectivity index (χ1) is 7.86. The van der Waals surface area contributed by atoms with Crippen LogP contribution < -0.4 is 0 Å². The van der Waals surface area contributed by atoms with Crippen molar-refractivity contribution < 1.29 is 24.5 Å². The van der Waals surface area contributed by atoms with Crippen LogP contribution in [0.5, 0.6) is 0 Å². The fourth-order valence-corrected chi connectivity index (χ4v) is 1.87. The van der Waals surface area contributed by atoms with Gasteiger partial charge in [-0.1, -0.05) is 0 Å². The van der Waals surface area contributed by atoms with Crippen molar-refractivity contribution in [1.82, 2.24) is 4.90 Å². The Balaban J connectivity index is 2.55. The summed E-state index contributed by atoms with van der Waals surface area (Å²) >= 11 is 0. The quantitative estimate of drug-likeness (QED) is 0.664. The molecule has 0 aromatic rings. The van der Waals surface area contributed by atoms with Crippen LogP contribution in [0, 0.1) is 5.92 Å². The molecular weight excluding hydrogens is 226 g/mol. The molecule has 1 fully saturated rings. The van der Waals surface area contributed by atoms with Crippen molar-refractivity contribution in [3.05, 3.63) is 0 Å². The van der Waals surface area contributed by atoms with Gasteiger partial charge in [-0.3, -0.25) is 9.59 Å². The number of hydrogen-bond acceptors (Lipinski definition) is 4. The second-order valence-electron chi connectivity index (χ2n) is 4.59. The number of carboxylic acids is 1. The van der Waals surface area contributed by atoms with Gasteiger partial charge in [0.05, 0.1) is 5.60 Å². The van der Waals surface area contributed by atoms with Crippen molar-refractivity contribution in [1.29, 1.82) is 0 Å². The van der Waals surface area contributed by atoms with E-state index in [0.29, 0.717) is 26.1 Å². The van der Waals surface area contributed by atoms with Gasteiger partial charge in [0.1, 0.15) is 5.92 Å². The molecule has 0 radical (unpaired) electrons. The van der Waals surface area contributed by atoms with Gasteiger partial charge in [0, 0.05) is 39.6 Å². The van der Waals surface area contributed by atoms with E-state index in [0.717, 1.165) is 0 Å². The van der Waals surface area contributed by atoms with Crippen LogP contribution in [0.15, 0.2) is 0 Å². The molecule has 1 atom stereocenters. The number of likely N-dealkylation sites (N-methyl/N-ethyl adjacent to an activating group) is 1. The van der Waals surface area contributed by atoms with Gasteiger partial charge < -0.3 is 19.8 Å². The van der Waals surface area contributed by atoms with E-state index in [1.54, 1.807) is 0 Å². The summed E-state index contributed by atoms with van der Waals surface area (Å²) in [5.41, 5.74) is -0.957. The van der Waals surface area contributed by atoms with E-state index in [-0.39, 0.29) is 6.54 Å². The molecule has 0 aromatic carbocycles. The standard InChI is InChI=1S/C11H19NO5/c1-8(10(14)15)9(13)12(2)7-11(16)3-5-17-6-4-11/h8,16H,3-7H2,1-2H3,(H,14,15). The maximum Gasteiger partial charge on any atom is 0.315 e. The van der Waals surface area contributed by atoms with Crippen LogP contribution in [-0.4, -0.2) is 59.4 Å². The zero-order valence-corrected chi connectivity index (χ0v) is 10.2. The topological polar surface area (TPSA) is 87.1 Å². The Morgan fingerprint density at radius 3 is 2.41 bits per heavy atom. The summed E-state index contributed by atoms with van der Waals surface area (Å²) < 4.78 is 5.14. The maximum absolute atomic E-state index is 11.7. The highest BCUT2D eigenvalue weighted by molar-refractivity contribution is 5.96. The molecule has 1 rings (SSSR count). The molecule has 0 aliphatic carbocycles. The summed E-state index contributed by atoms with van der Waals surface area (Å²) in [7, 11) is 1.51. The van der Waals surface area contributed by atoms with Gasteiger partial charge >= 0.3 is 5.97 Å². The molecule has 1 amide bonds. The minimum absolute atomic E-state index is 0.146. The highest BCUT2D eigenvalue weighted by Gasteiger charge is 2.34. The first-order valence-electron chi connectivity index (χ1n) is 5.64. The van der Waals surface area contributed by atoms with Crippen LogP contribution >= 0.6 is 0 Å². The normalized spacial score (nSPS) is 20.6. The summed E-state index contributed by atoms with van der Waals surface area (Å²) in [6, 6.07) is 0. The number of aliphatic hydroxyl groups is 1. The Hall–Kier alpha value is -1.14. The third-order valence-corrected chi connectivity index (χ3v) is 3.07. The van der Waals surface area contributed by atoms with Gasteiger partial charge in [-0.2, -0.15) is 0 Å². The zero-order valence-electron chi connectivity index (χ0n) is 10.2. The molecule has 1 unspecified atom stereocenters. The molecular formula is C11H19NO5. The molecule has 0 saturated carbocycles. The number of hydrogen-bond donors (Lipinski definition) is 2. The first kappa shape index (κ1) is 13.9. The first-order valence-corrected chi connectivity index (χ1v) is 5.64. The lowest BCUT2D eigenvalue weighted by atomic mass is 9.93. The van der Waals surface area contributed by atoms with Crippen LogP contribution in [0.3, 0.4) is 0 Å². The molecule has 1 saturated heterocycles. The van der Waals surface area contributed by atoms with E-state index in [9.17, 15) is 14.7 Å². The number of carboxylic acid groups (broad SMARTS) is 1. The third-order valence-electron chi connectivity index (χ3n) is 3.07. The Morgan fingerprint density at radius 1 is 1.41 bits per heavy atom. The number of rotatable bonds is 4. The third kappa shape index (κ3) is 3.67. The molecule has 0 aromatic heterocycles. The average molecular weight is 245 g/mol. The smallest absolute Gasteiger partial charge is 0.315 e. The van der Waals surface area contributed by atoms with Gasteiger partial charge in [-0.05, 0) is 6.92 Å². The summed E-state index contributed by atoms with van der Waals surface area (Å²) in [5.74, 6) is -2.72. The predicted molar refractivity (Wildman–Crippen MR) is 59.4 cm³/mol. The molecule has 1 aliphatic rings. The van der Waals surface area contributed by atoms with E-state index in [4.69, 9.17) is 9.84 Å². The van der Waals surface area contributed by atoms with E-state index >= 15 is 0 Å². The summed E-state index contributed by atoms with van der Waals surface area (Å²) in [6.45, 7) is 2.42. The Labute approximate surface area is 100 Å². The molecule has 6 nitrogen and oxygen atoms in total. The Morgan fingerprint density at radius 2 is 1.94 bits per heavy atom. The monoisotopic (exact) mass is 245 g/mol. The molecule has 0 bridgehead atoms. The van der Waals surface area contributed by atoms with Crippen LogP contribution in [0.2, 0.25) is 0 Å². The van der Waals surface area contributed by atoms with Crippen molar-refractivity contribution in [2.75, 3.05) is 26.8 Å². The zero-order chi connectivity index (χ0) is 13.1. The van der Waals surface area contributed by atoms with Crippen molar-refractivity contribution >= 4 is 11.9 Å². The predicted octanol–water partition coefficient (Wildman–Crippen LogP) is -0.293. The van der Waals surface area contributed by atoms with Gasteiger partial charge in [0.25, 0.3) is 0 Å². The Kier molecular flexibility index (Phi) is 4.47. The minimum atomic E-state index is -1.15.